The number of amides is 1. The van der Waals surface area contributed by atoms with Crippen molar-refractivity contribution in [2.24, 2.45) is 0 Å². The van der Waals surface area contributed by atoms with Crippen molar-refractivity contribution >= 4 is 11.8 Å². The summed E-state index contributed by atoms with van der Waals surface area (Å²) in [5.41, 5.74) is 1.57. The average Bonchev–Trinajstić information content (AvgIpc) is 2.08. The molecule has 1 aromatic rings. The van der Waals surface area contributed by atoms with E-state index in [2.05, 4.69) is 5.32 Å². The summed E-state index contributed by atoms with van der Waals surface area (Å²) in [5, 5.41) is 10.7. The lowest BCUT2D eigenvalue weighted by atomic mass is 10.2. The van der Waals surface area contributed by atoms with Crippen molar-refractivity contribution in [1.29, 1.82) is 0 Å². The second-order valence-electron chi connectivity index (χ2n) is 2.56. The molecule has 0 unspecified atom stereocenters. The molecular formula is C9H11NO3. The van der Waals surface area contributed by atoms with Crippen LogP contribution in [-0.4, -0.2) is 18.3 Å². The maximum Gasteiger partial charge on any atom is 0.409 e. The summed E-state index contributed by atoms with van der Waals surface area (Å²) in [7, 11) is 1.61. The number of rotatable bonds is 3. The van der Waals surface area contributed by atoms with Crippen LogP contribution in [-0.2, 0) is 11.3 Å². The first-order chi connectivity index (χ1) is 6.22. The molecule has 0 heterocycles. The van der Waals surface area contributed by atoms with Gasteiger partial charge in [-0.1, -0.05) is 12.1 Å². The number of ether oxygens (including phenoxy) is 1. The minimum Gasteiger partial charge on any atom is -0.465 e. The van der Waals surface area contributed by atoms with E-state index in [9.17, 15) is 4.79 Å². The van der Waals surface area contributed by atoms with Crippen LogP contribution in [0.3, 0.4) is 0 Å². The minimum atomic E-state index is -1.06. The van der Waals surface area contributed by atoms with E-state index >= 15 is 0 Å². The highest BCUT2D eigenvalue weighted by molar-refractivity contribution is 5.82. The van der Waals surface area contributed by atoms with Gasteiger partial charge in [0, 0.05) is 12.8 Å². The van der Waals surface area contributed by atoms with E-state index in [-0.39, 0.29) is 0 Å². The molecule has 70 valence electrons. The summed E-state index contributed by atoms with van der Waals surface area (Å²) < 4.78 is 4.91. The topological polar surface area (TPSA) is 58.6 Å². The summed E-state index contributed by atoms with van der Waals surface area (Å²) in [6.45, 7) is 0.535. The van der Waals surface area contributed by atoms with Crippen molar-refractivity contribution < 1.29 is 14.6 Å². The first kappa shape index (κ1) is 9.54. The molecular weight excluding hydrogens is 170 g/mol. The number of hydrogen-bond acceptors (Lipinski definition) is 2. The predicted octanol–water partition coefficient (Wildman–Crippen LogP) is 1.92. The fourth-order valence-electron chi connectivity index (χ4n) is 0.974. The fraction of sp³-hybridized carbons (Fsp3) is 0.222. The number of nitrogens with one attached hydrogen (secondary N) is 1. The number of anilines is 1. The quantitative estimate of drug-likeness (QED) is 0.748. The Kier molecular flexibility index (Phi) is 3.28. The van der Waals surface area contributed by atoms with Gasteiger partial charge in [0.1, 0.15) is 0 Å². The van der Waals surface area contributed by atoms with Gasteiger partial charge in [-0.3, -0.25) is 5.32 Å². The molecule has 0 saturated carbocycles. The molecule has 1 amide bonds. The Morgan fingerprint density at radius 2 is 2.08 bits per heavy atom. The minimum absolute atomic E-state index is 0.535. The van der Waals surface area contributed by atoms with Crippen LogP contribution in [0.25, 0.3) is 0 Å². The van der Waals surface area contributed by atoms with Gasteiger partial charge in [-0.15, -0.1) is 0 Å². The molecule has 0 aromatic heterocycles. The lowest BCUT2D eigenvalue weighted by Crippen LogP contribution is -2.06. The molecule has 1 aromatic carbocycles. The lowest BCUT2D eigenvalue weighted by Gasteiger charge is -2.02. The highest BCUT2D eigenvalue weighted by atomic mass is 16.5. The maximum atomic E-state index is 10.2. The molecule has 0 aliphatic rings. The van der Waals surface area contributed by atoms with E-state index in [1.807, 2.05) is 12.1 Å². The molecule has 0 saturated heterocycles. The molecule has 0 aliphatic carbocycles. The van der Waals surface area contributed by atoms with Crippen molar-refractivity contribution in [3.05, 3.63) is 29.8 Å². The van der Waals surface area contributed by atoms with E-state index < -0.39 is 6.09 Å². The van der Waals surface area contributed by atoms with Crippen molar-refractivity contribution in [3.8, 4) is 0 Å². The molecule has 2 N–H and O–H groups in total. The summed E-state index contributed by atoms with van der Waals surface area (Å²) >= 11 is 0. The van der Waals surface area contributed by atoms with Gasteiger partial charge < -0.3 is 9.84 Å². The number of methoxy groups -OCH3 is 1. The third-order valence-corrected chi connectivity index (χ3v) is 1.52. The second-order valence-corrected chi connectivity index (χ2v) is 2.56. The Bertz CT molecular complexity index is 281. The van der Waals surface area contributed by atoms with Gasteiger partial charge in [0.15, 0.2) is 0 Å². The van der Waals surface area contributed by atoms with Crippen LogP contribution in [0, 0.1) is 0 Å². The molecule has 13 heavy (non-hydrogen) atoms. The highest BCUT2D eigenvalue weighted by Crippen LogP contribution is 2.09. The van der Waals surface area contributed by atoms with Crippen molar-refractivity contribution in [2.75, 3.05) is 12.4 Å². The smallest absolute Gasteiger partial charge is 0.409 e. The Morgan fingerprint density at radius 3 is 2.54 bits per heavy atom. The van der Waals surface area contributed by atoms with Crippen LogP contribution in [0.4, 0.5) is 10.5 Å². The van der Waals surface area contributed by atoms with Gasteiger partial charge in [-0.2, -0.15) is 0 Å². The Morgan fingerprint density at radius 1 is 1.46 bits per heavy atom. The van der Waals surface area contributed by atoms with Crippen LogP contribution in [0.1, 0.15) is 5.56 Å². The molecule has 1 rings (SSSR count). The van der Waals surface area contributed by atoms with Crippen molar-refractivity contribution in [2.45, 2.75) is 6.61 Å². The van der Waals surface area contributed by atoms with Gasteiger partial charge in [-0.05, 0) is 17.7 Å². The summed E-state index contributed by atoms with van der Waals surface area (Å²) in [6, 6.07) is 7.02. The van der Waals surface area contributed by atoms with Crippen LogP contribution in [0.5, 0.6) is 0 Å². The highest BCUT2D eigenvalue weighted by Gasteiger charge is 1.97. The van der Waals surface area contributed by atoms with E-state index in [0.29, 0.717) is 12.3 Å². The van der Waals surface area contributed by atoms with Gasteiger partial charge in [0.2, 0.25) is 0 Å². The zero-order valence-electron chi connectivity index (χ0n) is 7.28. The summed E-state index contributed by atoms with van der Waals surface area (Å²) in [4.78, 5) is 10.2. The average molecular weight is 181 g/mol. The van der Waals surface area contributed by atoms with Crippen molar-refractivity contribution in [3.63, 3.8) is 0 Å². The van der Waals surface area contributed by atoms with Gasteiger partial charge in [0.25, 0.3) is 0 Å². The van der Waals surface area contributed by atoms with Crippen LogP contribution in [0.2, 0.25) is 0 Å². The predicted molar refractivity (Wildman–Crippen MR) is 48.8 cm³/mol. The lowest BCUT2D eigenvalue weighted by molar-refractivity contribution is 0.185. The van der Waals surface area contributed by atoms with E-state index in [1.54, 1.807) is 19.2 Å². The molecule has 0 bridgehead atoms. The molecule has 0 fully saturated rings. The number of carboxylic acid groups (broad SMARTS) is 1. The van der Waals surface area contributed by atoms with E-state index in [1.165, 1.54) is 0 Å². The zero-order valence-corrected chi connectivity index (χ0v) is 7.28. The number of carbonyl (C=O) groups is 1. The first-order valence-corrected chi connectivity index (χ1v) is 3.80. The SMILES string of the molecule is COCc1ccc(NC(=O)O)cc1. The van der Waals surface area contributed by atoms with Crippen LogP contribution >= 0.6 is 0 Å². The standard InChI is InChI=1S/C9H11NO3/c1-13-6-7-2-4-8(5-3-7)10-9(11)12/h2-5,10H,6H2,1H3,(H,11,12). The van der Waals surface area contributed by atoms with Gasteiger partial charge >= 0.3 is 6.09 Å². The molecule has 0 radical (unpaired) electrons. The Hall–Kier alpha value is -1.55. The molecule has 0 atom stereocenters. The summed E-state index contributed by atoms with van der Waals surface area (Å²) in [6.07, 6.45) is -1.06. The third kappa shape index (κ3) is 3.13. The van der Waals surface area contributed by atoms with Crippen LogP contribution < -0.4 is 5.32 Å². The maximum absolute atomic E-state index is 10.2. The second kappa shape index (κ2) is 4.47. The number of benzene rings is 1. The Balaban J connectivity index is 2.64. The fourth-order valence-corrected chi connectivity index (χ4v) is 0.974. The molecule has 4 heteroatoms. The Labute approximate surface area is 76.1 Å². The van der Waals surface area contributed by atoms with Crippen LogP contribution in [0.15, 0.2) is 24.3 Å². The van der Waals surface area contributed by atoms with E-state index in [4.69, 9.17) is 9.84 Å². The van der Waals surface area contributed by atoms with Gasteiger partial charge in [0.05, 0.1) is 6.61 Å². The third-order valence-electron chi connectivity index (χ3n) is 1.52. The molecule has 0 aliphatic heterocycles. The largest absolute Gasteiger partial charge is 0.465 e. The van der Waals surface area contributed by atoms with Crippen molar-refractivity contribution in [1.82, 2.24) is 0 Å². The normalized spacial score (nSPS) is 9.62. The number of hydrogen-bond donors (Lipinski definition) is 2. The molecule has 4 nitrogen and oxygen atoms in total. The molecule has 0 spiro atoms. The monoisotopic (exact) mass is 181 g/mol. The van der Waals surface area contributed by atoms with E-state index in [0.717, 1.165) is 5.56 Å². The van der Waals surface area contributed by atoms with Gasteiger partial charge in [-0.25, -0.2) is 4.79 Å². The zero-order chi connectivity index (χ0) is 9.68. The first-order valence-electron chi connectivity index (χ1n) is 3.80. The summed E-state index contributed by atoms with van der Waals surface area (Å²) in [5.74, 6) is 0.